The van der Waals surface area contributed by atoms with Gasteiger partial charge >= 0.3 is 0 Å². The fourth-order valence-electron chi connectivity index (χ4n) is 2.65. The van der Waals surface area contributed by atoms with Crippen molar-refractivity contribution in [3.8, 4) is 0 Å². The molecule has 1 aliphatic carbocycles. The number of nitrogens with zero attached hydrogens (tertiary/aromatic N) is 1. The molecule has 2 aliphatic rings. The standard InChI is InChI=1S/C15H19BrN2O/c1-14(2)13(19)18(10-15(6-7-15)9-17-14)12-5-3-4-11(16)8-12/h3-5,8,17H,6-7,9-10H2,1-2H3. The first kappa shape index (κ1) is 13.1. The van der Waals surface area contributed by atoms with Crippen LogP contribution < -0.4 is 10.2 Å². The molecule has 1 aromatic carbocycles. The van der Waals surface area contributed by atoms with Crippen molar-refractivity contribution >= 4 is 27.5 Å². The van der Waals surface area contributed by atoms with Crippen LogP contribution in [0.4, 0.5) is 5.69 Å². The molecular weight excluding hydrogens is 304 g/mol. The molecule has 3 rings (SSSR count). The topological polar surface area (TPSA) is 32.3 Å². The third-order valence-electron chi connectivity index (χ3n) is 4.26. The summed E-state index contributed by atoms with van der Waals surface area (Å²) in [5.41, 5.74) is 0.794. The highest BCUT2D eigenvalue weighted by molar-refractivity contribution is 9.10. The first-order valence-electron chi connectivity index (χ1n) is 6.75. The molecule has 102 valence electrons. The van der Waals surface area contributed by atoms with Gasteiger partial charge in [0.05, 0.1) is 5.54 Å². The van der Waals surface area contributed by atoms with Crippen LogP contribution in [0.25, 0.3) is 0 Å². The zero-order chi connectivity index (χ0) is 13.7. The van der Waals surface area contributed by atoms with Gasteiger partial charge in [0.1, 0.15) is 0 Å². The van der Waals surface area contributed by atoms with Crippen molar-refractivity contribution in [2.45, 2.75) is 32.2 Å². The van der Waals surface area contributed by atoms with E-state index in [0.29, 0.717) is 5.41 Å². The van der Waals surface area contributed by atoms with Crippen LogP contribution in [0.15, 0.2) is 28.7 Å². The average Bonchev–Trinajstić information content (AvgIpc) is 3.14. The first-order valence-corrected chi connectivity index (χ1v) is 7.54. The summed E-state index contributed by atoms with van der Waals surface area (Å²) in [5, 5.41) is 3.43. The minimum atomic E-state index is -0.492. The molecule has 19 heavy (non-hydrogen) atoms. The van der Waals surface area contributed by atoms with E-state index in [1.807, 2.05) is 43.0 Å². The van der Waals surface area contributed by atoms with E-state index in [9.17, 15) is 4.79 Å². The highest BCUT2D eigenvalue weighted by atomic mass is 79.9. The Hall–Kier alpha value is -0.870. The van der Waals surface area contributed by atoms with Gasteiger partial charge in [0.15, 0.2) is 0 Å². The summed E-state index contributed by atoms with van der Waals surface area (Å²) in [4.78, 5) is 14.7. The van der Waals surface area contributed by atoms with Crippen molar-refractivity contribution in [2.75, 3.05) is 18.0 Å². The number of anilines is 1. The van der Waals surface area contributed by atoms with Crippen molar-refractivity contribution < 1.29 is 4.79 Å². The number of amides is 1. The summed E-state index contributed by atoms with van der Waals surface area (Å²) in [7, 11) is 0. The molecule has 0 aromatic heterocycles. The predicted molar refractivity (Wildman–Crippen MR) is 80.2 cm³/mol. The molecule has 1 spiro atoms. The molecule has 1 saturated heterocycles. The van der Waals surface area contributed by atoms with E-state index in [-0.39, 0.29) is 5.91 Å². The quantitative estimate of drug-likeness (QED) is 0.862. The SMILES string of the molecule is CC1(C)NCC2(CC2)CN(c2cccc(Br)c2)C1=O. The minimum absolute atomic E-state index is 0.161. The Morgan fingerprint density at radius 2 is 2.05 bits per heavy atom. The van der Waals surface area contributed by atoms with Crippen LogP contribution in [0, 0.1) is 5.41 Å². The molecule has 3 nitrogen and oxygen atoms in total. The Morgan fingerprint density at radius 3 is 2.68 bits per heavy atom. The number of benzene rings is 1. The van der Waals surface area contributed by atoms with Gasteiger partial charge in [-0.3, -0.25) is 4.79 Å². The highest BCUT2D eigenvalue weighted by Gasteiger charge is 2.50. The van der Waals surface area contributed by atoms with Crippen LogP contribution >= 0.6 is 15.9 Å². The van der Waals surface area contributed by atoms with E-state index >= 15 is 0 Å². The van der Waals surface area contributed by atoms with Gasteiger partial charge < -0.3 is 10.2 Å². The molecule has 1 heterocycles. The average molecular weight is 323 g/mol. The lowest BCUT2D eigenvalue weighted by Gasteiger charge is -2.29. The van der Waals surface area contributed by atoms with Gasteiger partial charge in [0.2, 0.25) is 5.91 Å². The molecule has 1 saturated carbocycles. The normalized spacial score (nSPS) is 24.4. The van der Waals surface area contributed by atoms with Gasteiger partial charge in [-0.05, 0) is 44.9 Å². The number of halogens is 1. The largest absolute Gasteiger partial charge is 0.310 e. The first-order chi connectivity index (χ1) is 8.92. The second-order valence-electron chi connectivity index (χ2n) is 6.35. The van der Waals surface area contributed by atoms with Crippen molar-refractivity contribution in [2.24, 2.45) is 5.41 Å². The zero-order valence-electron chi connectivity index (χ0n) is 11.4. The Bertz CT molecular complexity index is 523. The molecule has 0 atom stereocenters. The monoisotopic (exact) mass is 322 g/mol. The van der Waals surface area contributed by atoms with Crippen LogP contribution in [-0.2, 0) is 4.79 Å². The van der Waals surface area contributed by atoms with E-state index < -0.39 is 5.54 Å². The Balaban J connectivity index is 1.99. The lowest BCUT2D eigenvalue weighted by molar-refractivity contribution is -0.123. The summed E-state index contributed by atoms with van der Waals surface area (Å²) in [6.07, 6.45) is 2.43. The fraction of sp³-hybridized carbons (Fsp3) is 0.533. The molecule has 1 aliphatic heterocycles. The van der Waals surface area contributed by atoms with Crippen molar-refractivity contribution in [1.82, 2.24) is 5.32 Å². The number of carbonyl (C=O) groups excluding carboxylic acids is 1. The van der Waals surface area contributed by atoms with E-state index in [1.165, 1.54) is 12.8 Å². The van der Waals surface area contributed by atoms with E-state index in [0.717, 1.165) is 23.2 Å². The van der Waals surface area contributed by atoms with Crippen LogP contribution in [0.5, 0.6) is 0 Å². The Kier molecular flexibility index (Phi) is 2.98. The molecule has 4 heteroatoms. The van der Waals surface area contributed by atoms with E-state index in [1.54, 1.807) is 0 Å². The third-order valence-corrected chi connectivity index (χ3v) is 4.75. The molecule has 0 unspecified atom stereocenters. The summed E-state index contributed by atoms with van der Waals surface area (Å²) < 4.78 is 1.01. The summed E-state index contributed by atoms with van der Waals surface area (Å²) in [6.45, 7) is 5.72. The number of rotatable bonds is 1. The van der Waals surface area contributed by atoms with Gasteiger partial charge in [-0.15, -0.1) is 0 Å². The number of hydrogen-bond acceptors (Lipinski definition) is 2. The Labute approximate surface area is 122 Å². The molecule has 1 aromatic rings. The Morgan fingerprint density at radius 1 is 1.32 bits per heavy atom. The highest BCUT2D eigenvalue weighted by Crippen LogP contribution is 2.48. The molecule has 1 amide bonds. The van der Waals surface area contributed by atoms with Crippen molar-refractivity contribution in [3.05, 3.63) is 28.7 Å². The predicted octanol–water partition coefficient (Wildman–Crippen LogP) is 2.94. The van der Waals surface area contributed by atoms with Gasteiger partial charge in [0.25, 0.3) is 0 Å². The summed E-state index contributed by atoms with van der Waals surface area (Å²) in [5.74, 6) is 0.161. The smallest absolute Gasteiger partial charge is 0.246 e. The maximum absolute atomic E-state index is 12.7. The zero-order valence-corrected chi connectivity index (χ0v) is 13.0. The molecule has 2 fully saturated rings. The molecule has 1 N–H and O–H groups in total. The van der Waals surface area contributed by atoms with Crippen LogP contribution in [-0.4, -0.2) is 24.5 Å². The molecule has 0 radical (unpaired) electrons. The summed E-state index contributed by atoms with van der Waals surface area (Å²) >= 11 is 3.49. The van der Waals surface area contributed by atoms with Gasteiger partial charge in [-0.2, -0.15) is 0 Å². The van der Waals surface area contributed by atoms with Crippen LogP contribution in [0.2, 0.25) is 0 Å². The van der Waals surface area contributed by atoms with Gasteiger partial charge in [-0.1, -0.05) is 22.0 Å². The number of nitrogens with one attached hydrogen (secondary N) is 1. The minimum Gasteiger partial charge on any atom is -0.310 e. The van der Waals surface area contributed by atoms with Gasteiger partial charge in [-0.25, -0.2) is 0 Å². The number of carbonyl (C=O) groups is 1. The number of hydrogen-bond donors (Lipinski definition) is 1. The second kappa shape index (κ2) is 4.32. The maximum atomic E-state index is 12.7. The third kappa shape index (κ3) is 2.43. The summed E-state index contributed by atoms with van der Waals surface area (Å²) in [6, 6.07) is 8.01. The lowest BCUT2D eigenvalue weighted by Crippen LogP contribution is -2.51. The van der Waals surface area contributed by atoms with Crippen molar-refractivity contribution in [3.63, 3.8) is 0 Å². The van der Waals surface area contributed by atoms with Crippen LogP contribution in [0.1, 0.15) is 26.7 Å². The van der Waals surface area contributed by atoms with Gasteiger partial charge in [0, 0.05) is 28.7 Å². The molecular formula is C15H19BrN2O. The maximum Gasteiger partial charge on any atom is 0.246 e. The van der Waals surface area contributed by atoms with Crippen molar-refractivity contribution in [1.29, 1.82) is 0 Å². The van der Waals surface area contributed by atoms with E-state index in [4.69, 9.17) is 0 Å². The van der Waals surface area contributed by atoms with E-state index in [2.05, 4.69) is 21.2 Å². The molecule has 0 bridgehead atoms. The fourth-order valence-corrected chi connectivity index (χ4v) is 3.04. The lowest BCUT2D eigenvalue weighted by atomic mass is 10.0. The second-order valence-corrected chi connectivity index (χ2v) is 7.27. The van der Waals surface area contributed by atoms with Crippen LogP contribution in [0.3, 0.4) is 0 Å².